The molecule has 1 aliphatic carbocycles. The van der Waals surface area contributed by atoms with Gasteiger partial charge in [0.25, 0.3) is 5.91 Å². The van der Waals surface area contributed by atoms with Crippen molar-refractivity contribution < 1.29 is 4.79 Å². The van der Waals surface area contributed by atoms with Gasteiger partial charge in [-0.3, -0.25) is 14.4 Å². The van der Waals surface area contributed by atoms with Crippen molar-refractivity contribution in [1.82, 2.24) is 24.6 Å². The van der Waals surface area contributed by atoms with Gasteiger partial charge in [0, 0.05) is 53.8 Å². The molecule has 1 aliphatic heterocycles. The molecule has 8 heteroatoms. The first-order chi connectivity index (χ1) is 14.1. The molecule has 0 N–H and O–H groups in total. The van der Waals surface area contributed by atoms with Gasteiger partial charge in [-0.15, -0.1) is 17.9 Å². The second-order valence-corrected chi connectivity index (χ2v) is 10.1. The van der Waals surface area contributed by atoms with Crippen molar-refractivity contribution in [2.24, 2.45) is 0 Å². The molecule has 0 spiro atoms. The number of aryl methyl sites for hydroxylation is 1. The summed E-state index contributed by atoms with van der Waals surface area (Å²) in [7, 11) is 2.17. The summed E-state index contributed by atoms with van der Waals surface area (Å²) < 4.78 is 1.99. The maximum atomic E-state index is 13.3. The quantitative estimate of drug-likeness (QED) is 0.658. The van der Waals surface area contributed by atoms with Crippen molar-refractivity contribution in [3.63, 3.8) is 0 Å². The fraction of sp³-hybridized carbons (Fsp3) is 0.571. The number of thiazole rings is 1. The molecule has 3 heterocycles. The van der Waals surface area contributed by atoms with E-state index in [0.717, 1.165) is 66.7 Å². The van der Waals surface area contributed by atoms with Crippen LogP contribution in [0.3, 0.4) is 0 Å². The Bertz CT molecular complexity index is 884. The SMILES string of the molecule is C=CCn1nc(C(=O)N2CCSCC2)c2c1CCC(N(C)Cc1csc(C)n1)C2. The van der Waals surface area contributed by atoms with E-state index in [9.17, 15) is 4.79 Å². The van der Waals surface area contributed by atoms with E-state index in [-0.39, 0.29) is 5.91 Å². The lowest BCUT2D eigenvalue weighted by atomic mass is 9.90. The monoisotopic (exact) mass is 431 g/mol. The Morgan fingerprint density at radius 3 is 2.90 bits per heavy atom. The van der Waals surface area contributed by atoms with Crippen LogP contribution in [0.15, 0.2) is 18.0 Å². The summed E-state index contributed by atoms with van der Waals surface area (Å²) in [5.74, 6) is 2.13. The third kappa shape index (κ3) is 4.44. The van der Waals surface area contributed by atoms with E-state index in [4.69, 9.17) is 5.10 Å². The van der Waals surface area contributed by atoms with E-state index in [0.29, 0.717) is 18.3 Å². The molecule has 0 aromatic carbocycles. The molecule has 1 atom stereocenters. The Morgan fingerprint density at radius 2 is 2.21 bits per heavy atom. The van der Waals surface area contributed by atoms with Crippen LogP contribution in [0.5, 0.6) is 0 Å². The zero-order valence-corrected chi connectivity index (χ0v) is 18.9. The molecule has 1 amide bonds. The maximum absolute atomic E-state index is 13.3. The molecule has 0 saturated carbocycles. The highest BCUT2D eigenvalue weighted by atomic mass is 32.2. The first-order valence-corrected chi connectivity index (χ1v) is 12.3. The molecule has 2 aliphatic rings. The van der Waals surface area contributed by atoms with Crippen LogP contribution in [0.2, 0.25) is 0 Å². The van der Waals surface area contributed by atoms with Gasteiger partial charge in [0.1, 0.15) is 0 Å². The molecule has 0 radical (unpaired) electrons. The number of aromatic nitrogens is 3. The highest BCUT2D eigenvalue weighted by Crippen LogP contribution is 2.29. The summed E-state index contributed by atoms with van der Waals surface area (Å²) in [6, 6.07) is 0.398. The van der Waals surface area contributed by atoms with Gasteiger partial charge in [0.15, 0.2) is 5.69 Å². The number of thioether (sulfide) groups is 1. The predicted molar refractivity (Wildman–Crippen MR) is 120 cm³/mol. The van der Waals surface area contributed by atoms with E-state index in [1.165, 1.54) is 5.69 Å². The minimum atomic E-state index is 0.0998. The van der Waals surface area contributed by atoms with Gasteiger partial charge >= 0.3 is 0 Å². The summed E-state index contributed by atoms with van der Waals surface area (Å²) in [4.78, 5) is 22.2. The molecule has 0 bridgehead atoms. The smallest absolute Gasteiger partial charge is 0.274 e. The largest absolute Gasteiger partial charge is 0.336 e. The molecule has 6 nitrogen and oxygen atoms in total. The van der Waals surface area contributed by atoms with Gasteiger partial charge in [-0.2, -0.15) is 16.9 Å². The van der Waals surface area contributed by atoms with Crippen LogP contribution in [0.1, 0.15) is 38.9 Å². The van der Waals surface area contributed by atoms with Crippen LogP contribution in [0.25, 0.3) is 0 Å². The minimum Gasteiger partial charge on any atom is -0.336 e. The number of fused-ring (bicyclic) bond motifs is 1. The average molecular weight is 432 g/mol. The molecular weight excluding hydrogens is 402 g/mol. The number of rotatable bonds is 6. The van der Waals surface area contributed by atoms with Crippen molar-refractivity contribution >= 4 is 29.0 Å². The van der Waals surface area contributed by atoms with Gasteiger partial charge in [0.2, 0.25) is 0 Å². The Labute approximate surface area is 181 Å². The van der Waals surface area contributed by atoms with Gasteiger partial charge in [-0.1, -0.05) is 6.08 Å². The summed E-state index contributed by atoms with van der Waals surface area (Å²) in [5.41, 5.74) is 4.16. The van der Waals surface area contributed by atoms with Crippen molar-refractivity contribution in [3.05, 3.63) is 45.7 Å². The van der Waals surface area contributed by atoms with Gasteiger partial charge < -0.3 is 4.90 Å². The van der Waals surface area contributed by atoms with Gasteiger partial charge in [-0.05, 0) is 33.2 Å². The summed E-state index contributed by atoms with van der Waals surface area (Å²) in [5, 5.41) is 8.01. The van der Waals surface area contributed by atoms with Crippen LogP contribution < -0.4 is 0 Å². The highest BCUT2D eigenvalue weighted by molar-refractivity contribution is 7.99. The minimum absolute atomic E-state index is 0.0998. The number of allylic oxidation sites excluding steroid dienone is 1. The lowest BCUT2D eigenvalue weighted by Crippen LogP contribution is -2.40. The Kier molecular flexibility index (Phi) is 6.41. The van der Waals surface area contributed by atoms with E-state index >= 15 is 0 Å². The number of amides is 1. The van der Waals surface area contributed by atoms with Crippen LogP contribution in [-0.2, 0) is 25.9 Å². The molecule has 2 aromatic heterocycles. The molecule has 4 rings (SSSR count). The normalized spacial score (nSPS) is 19.4. The first-order valence-electron chi connectivity index (χ1n) is 10.2. The van der Waals surface area contributed by atoms with Crippen LogP contribution in [0, 0.1) is 6.92 Å². The second-order valence-electron chi connectivity index (χ2n) is 7.82. The summed E-state index contributed by atoms with van der Waals surface area (Å²) in [6.07, 6.45) is 4.76. The van der Waals surface area contributed by atoms with Crippen LogP contribution >= 0.6 is 23.1 Å². The standard InChI is InChI=1S/C21H29N5OS2/c1-4-7-26-19-6-5-17(24(3)13-16-14-29-15(2)22-16)12-18(19)20(23-26)21(27)25-8-10-28-11-9-25/h4,14,17H,1,5-13H2,2-3H3. The molecule has 1 fully saturated rings. The summed E-state index contributed by atoms with van der Waals surface area (Å²) >= 11 is 3.62. The van der Waals surface area contributed by atoms with Crippen molar-refractivity contribution in [1.29, 1.82) is 0 Å². The number of carbonyl (C=O) groups excluding carboxylic acids is 1. The van der Waals surface area contributed by atoms with Crippen LogP contribution in [-0.4, -0.2) is 68.2 Å². The van der Waals surface area contributed by atoms with E-state index in [1.54, 1.807) is 11.3 Å². The third-order valence-corrected chi connectivity index (χ3v) is 7.59. The fourth-order valence-corrected chi connectivity index (χ4v) is 5.78. The van der Waals surface area contributed by atoms with Crippen molar-refractivity contribution in [3.8, 4) is 0 Å². The van der Waals surface area contributed by atoms with E-state index in [1.807, 2.05) is 34.3 Å². The third-order valence-electron chi connectivity index (χ3n) is 5.82. The Hall–Kier alpha value is -1.64. The van der Waals surface area contributed by atoms with Gasteiger partial charge in [-0.25, -0.2) is 4.98 Å². The lowest BCUT2D eigenvalue weighted by molar-refractivity contribution is 0.0763. The highest BCUT2D eigenvalue weighted by Gasteiger charge is 2.32. The molecule has 1 saturated heterocycles. The Balaban J connectivity index is 1.56. The van der Waals surface area contributed by atoms with E-state index in [2.05, 4.69) is 28.9 Å². The van der Waals surface area contributed by atoms with Crippen molar-refractivity contribution in [2.75, 3.05) is 31.6 Å². The number of nitrogens with zero attached hydrogens (tertiary/aromatic N) is 5. The average Bonchev–Trinajstić information content (AvgIpc) is 3.31. The maximum Gasteiger partial charge on any atom is 0.274 e. The number of likely N-dealkylation sites (N-methyl/N-ethyl adjacent to an activating group) is 1. The van der Waals surface area contributed by atoms with Crippen LogP contribution in [0.4, 0.5) is 0 Å². The molecule has 29 heavy (non-hydrogen) atoms. The predicted octanol–water partition coefficient (Wildman–Crippen LogP) is 3.01. The van der Waals surface area contributed by atoms with Crippen molar-refractivity contribution in [2.45, 2.75) is 45.3 Å². The van der Waals surface area contributed by atoms with Gasteiger partial charge in [0.05, 0.1) is 17.2 Å². The zero-order valence-electron chi connectivity index (χ0n) is 17.3. The zero-order chi connectivity index (χ0) is 20.4. The molecule has 1 unspecified atom stereocenters. The Morgan fingerprint density at radius 1 is 1.41 bits per heavy atom. The number of carbonyl (C=O) groups is 1. The topological polar surface area (TPSA) is 54.3 Å². The molecular formula is C21H29N5OS2. The first kappa shape index (κ1) is 20.6. The second kappa shape index (κ2) is 9.02. The number of hydrogen-bond donors (Lipinski definition) is 0. The fourth-order valence-electron chi connectivity index (χ4n) is 4.27. The summed E-state index contributed by atoms with van der Waals surface area (Å²) in [6.45, 7) is 9.05. The molecule has 156 valence electrons. The molecule has 2 aromatic rings. The number of hydrogen-bond acceptors (Lipinski definition) is 6. The van der Waals surface area contributed by atoms with E-state index < -0.39 is 0 Å². The lowest BCUT2D eigenvalue weighted by Gasteiger charge is -2.32.